The number of hydrogen-bond donors (Lipinski definition) is 1. The monoisotopic (exact) mass is 242 g/mol. The maximum atomic E-state index is 11.5. The highest BCUT2D eigenvalue weighted by atomic mass is 16.4. The lowest BCUT2D eigenvalue weighted by atomic mass is 9.94. The van der Waals surface area contributed by atoms with E-state index in [9.17, 15) is 9.59 Å². The van der Waals surface area contributed by atoms with Crippen LogP contribution in [0.4, 0.5) is 0 Å². The lowest BCUT2D eigenvalue weighted by Gasteiger charge is -2.10. The maximum absolute atomic E-state index is 11.5. The number of carbonyl (C=O) groups excluding carboxylic acids is 1. The van der Waals surface area contributed by atoms with E-state index in [0.29, 0.717) is 17.6 Å². The average Bonchev–Trinajstić information content (AvgIpc) is 2.70. The smallest absolute Gasteiger partial charge is 0.331 e. The lowest BCUT2D eigenvalue weighted by Crippen LogP contribution is -2.07. The van der Waals surface area contributed by atoms with Crippen LogP contribution in [0.2, 0.25) is 0 Å². The van der Waals surface area contributed by atoms with Gasteiger partial charge in [0.2, 0.25) is 5.91 Å². The molecule has 2 aromatic heterocycles. The summed E-state index contributed by atoms with van der Waals surface area (Å²) < 4.78 is 1.45. The summed E-state index contributed by atoms with van der Waals surface area (Å²) in [5.74, 6) is -1.07. The second-order valence-corrected chi connectivity index (χ2v) is 4.29. The molecule has 0 radical (unpaired) electrons. The Morgan fingerprint density at radius 1 is 1.44 bits per heavy atom. The van der Waals surface area contributed by atoms with E-state index < -0.39 is 5.97 Å². The molecule has 0 spiro atoms. The van der Waals surface area contributed by atoms with Crippen molar-refractivity contribution >= 4 is 29.0 Å². The molecule has 18 heavy (non-hydrogen) atoms. The van der Waals surface area contributed by atoms with Gasteiger partial charge in [-0.15, -0.1) is 0 Å². The first-order valence-electron chi connectivity index (χ1n) is 5.51. The largest absolute Gasteiger partial charge is 0.478 e. The fourth-order valence-electron chi connectivity index (χ4n) is 2.33. The highest BCUT2D eigenvalue weighted by Gasteiger charge is 2.21. The summed E-state index contributed by atoms with van der Waals surface area (Å²) >= 11 is 0. The molecule has 5 heteroatoms. The molecule has 90 valence electrons. The van der Waals surface area contributed by atoms with Crippen LogP contribution in [0.1, 0.15) is 22.8 Å². The van der Waals surface area contributed by atoms with Crippen LogP contribution in [-0.4, -0.2) is 26.5 Å². The Morgan fingerprint density at radius 2 is 2.22 bits per heavy atom. The van der Waals surface area contributed by atoms with Crippen molar-refractivity contribution < 1.29 is 14.7 Å². The van der Waals surface area contributed by atoms with Gasteiger partial charge >= 0.3 is 5.97 Å². The quantitative estimate of drug-likeness (QED) is 0.826. The van der Waals surface area contributed by atoms with E-state index in [1.807, 2.05) is 0 Å². The summed E-state index contributed by atoms with van der Waals surface area (Å²) in [6.07, 6.45) is 5.22. The van der Waals surface area contributed by atoms with Crippen LogP contribution in [0.25, 0.3) is 17.1 Å². The van der Waals surface area contributed by atoms with Crippen LogP contribution >= 0.6 is 0 Å². The molecule has 1 aliphatic rings. The molecule has 0 unspecified atom stereocenters. The van der Waals surface area contributed by atoms with Gasteiger partial charge in [0.15, 0.2) is 0 Å². The molecule has 0 saturated carbocycles. The minimum absolute atomic E-state index is 0.136. The minimum atomic E-state index is -0.929. The highest BCUT2D eigenvalue weighted by molar-refractivity contribution is 6.03. The Labute approximate surface area is 102 Å². The van der Waals surface area contributed by atoms with Crippen molar-refractivity contribution in [2.75, 3.05) is 0 Å². The summed E-state index contributed by atoms with van der Waals surface area (Å²) in [4.78, 5) is 26.8. The van der Waals surface area contributed by atoms with Crippen molar-refractivity contribution in [1.29, 1.82) is 0 Å². The summed E-state index contributed by atoms with van der Waals surface area (Å²) in [5.41, 5.74) is 2.56. The van der Waals surface area contributed by atoms with E-state index in [-0.39, 0.29) is 5.91 Å². The SMILES string of the molecule is CC(=O)n1cc2c3c(ccnc31)CC(C(=O)O)=C2. The second kappa shape index (κ2) is 3.53. The predicted octanol–water partition coefficient (Wildman–Crippen LogP) is 1.72. The van der Waals surface area contributed by atoms with Crippen LogP contribution in [0.3, 0.4) is 0 Å². The van der Waals surface area contributed by atoms with Crippen molar-refractivity contribution in [2.45, 2.75) is 13.3 Å². The molecule has 0 fully saturated rings. The van der Waals surface area contributed by atoms with Crippen molar-refractivity contribution in [3.63, 3.8) is 0 Å². The summed E-state index contributed by atoms with van der Waals surface area (Å²) in [5, 5.41) is 9.95. The summed E-state index contributed by atoms with van der Waals surface area (Å²) in [7, 11) is 0. The zero-order valence-electron chi connectivity index (χ0n) is 9.67. The number of aromatic nitrogens is 2. The Kier molecular flexibility index (Phi) is 2.10. The fourth-order valence-corrected chi connectivity index (χ4v) is 2.33. The molecule has 0 saturated heterocycles. The normalized spacial score (nSPS) is 13.5. The van der Waals surface area contributed by atoms with Gasteiger partial charge in [-0.2, -0.15) is 0 Å². The van der Waals surface area contributed by atoms with E-state index in [0.717, 1.165) is 16.5 Å². The zero-order chi connectivity index (χ0) is 12.9. The Bertz CT molecular complexity index is 725. The van der Waals surface area contributed by atoms with E-state index in [2.05, 4.69) is 4.98 Å². The molecule has 0 atom stereocenters. The van der Waals surface area contributed by atoms with Crippen molar-refractivity contribution in [1.82, 2.24) is 9.55 Å². The van der Waals surface area contributed by atoms with E-state index in [1.54, 1.807) is 24.5 Å². The predicted molar refractivity (Wildman–Crippen MR) is 65.4 cm³/mol. The molecule has 1 aliphatic carbocycles. The molecule has 0 bridgehead atoms. The van der Waals surface area contributed by atoms with Crippen LogP contribution < -0.4 is 0 Å². The minimum Gasteiger partial charge on any atom is -0.478 e. The summed E-state index contributed by atoms with van der Waals surface area (Å²) in [6.45, 7) is 1.46. The van der Waals surface area contributed by atoms with Crippen LogP contribution in [-0.2, 0) is 11.2 Å². The van der Waals surface area contributed by atoms with E-state index in [1.165, 1.54) is 11.5 Å². The molecule has 2 heterocycles. The zero-order valence-corrected chi connectivity index (χ0v) is 9.67. The van der Waals surface area contributed by atoms with Crippen LogP contribution in [0, 0.1) is 0 Å². The molecule has 2 aromatic rings. The standard InChI is InChI=1S/C13H10N2O3/c1-7(16)15-6-10-5-9(13(17)18)4-8-2-3-14-12(15)11(8)10/h2-3,5-6H,4H2,1H3,(H,17,18). The lowest BCUT2D eigenvalue weighted by molar-refractivity contribution is -0.132. The number of nitrogens with zero attached hydrogens (tertiary/aromatic N) is 2. The van der Waals surface area contributed by atoms with Crippen molar-refractivity contribution in [2.24, 2.45) is 0 Å². The number of carboxylic acids is 1. The second-order valence-electron chi connectivity index (χ2n) is 4.29. The van der Waals surface area contributed by atoms with Crippen molar-refractivity contribution in [3.8, 4) is 0 Å². The Morgan fingerprint density at radius 3 is 2.89 bits per heavy atom. The number of pyridine rings is 1. The number of carboxylic acid groups (broad SMARTS) is 1. The molecule has 0 amide bonds. The van der Waals surface area contributed by atoms with Gasteiger partial charge in [-0.25, -0.2) is 9.78 Å². The molecule has 1 N–H and O–H groups in total. The average molecular weight is 242 g/mol. The van der Waals surface area contributed by atoms with E-state index in [4.69, 9.17) is 5.11 Å². The van der Waals surface area contributed by atoms with Crippen LogP contribution in [0.5, 0.6) is 0 Å². The first kappa shape index (κ1) is 10.7. The van der Waals surface area contributed by atoms with Gasteiger partial charge < -0.3 is 5.11 Å². The van der Waals surface area contributed by atoms with Gasteiger partial charge in [-0.1, -0.05) is 0 Å². The third-order valence-corrected chi connectivity index (χ3v) is 3.13. The highest BCUT2D eigenvalue weighted by Crippen LogP contribution is 2.31. The molecular weight excluding hydrogens is 232 g/mol. The van der Waals surface area contributed by atoms with Gasteiger partial charge in [0.1, 0.15) is 5.65 Å². The maximum Gasteiger partial charge on any atom is 0.331 e. The fraction of sp³-hybridized carbons (Fsp3) is 0.154. The first-order chi connectivity index (χ1) is 8.58. The summed E-state index contributed by atoms with van der Waals surface area (Å²) in [6, 6.07) is 1.80. The Balaban J connectivity index is 2.36. The molecule has 3 rings (SSSR count). The van der Waals surface area contributed by atoms with Gasteiger partial charge in [-0.3, -0.25) is 9.36 Å². The number of aliphatic carboxylic acids is 1. The number of carbonyl (C=O) groups is 2. The molecule has 0 aromatic carbocycles. The third kappa shape index (κ3) is 1.37. The van der Waals surface area contributed by atoms with Crippen LogP contribution in [0.15, 0.2) is 24.0 Å². The van der Waals surface area contributed by atoms with Gasteiger partial charge in [0.05, 0.1) is 0 Å². The number of rotatable bonds is 1. The molecule has 5 nitrogen and oxygen atoms in total. The van der Waals surface area contributed by atoms with Gasteiger partial charge in [-0.05, 0) is 17.7 Å². The third-order valence-electron chi connectivity index (χ3n) is 3.13. The number of hydrogen-bond acceptors (Lipinski definition) is 3. The van der Waals surface area contributed by atoms with E-state index >= 15 is 0 Å². The molecule has 0 aliphatic heterocycles. The van der Waals surface area contributed by atoms with Gasteiger partial charge in [0, 0.05) is 42.3 Å². The topological polar surface area (TPSA) is 72.2 Å². The first-order valence-corrected chi connectivity index (χ1v) is 5.51. The van der Waals surface area contributed by atoms with Gasteiger partial charge in [0.25, 0.3) is 0 Å². The Hall–Kier alpha value is -2.43. The van der Waals surface area contributed by atoms with Crippen molar-refractivity contribution in [3.05, 3.63) is 35.2 Å². The molecular formula is C13H10N2O3.